The van der Waals surface area contributed by atoms with Gasteiger partial charge in [0.15, 0.2) is 0 Å². The lowest BCUT2D eigenvalue weighted by molar-refractivity contribution is 0.0946. The highest BCUT2D eigenvalue weighted by molar-refractivity contribution is 9.10. The average Bonchev–Trinajstić information content (AvgIpc) is 2.75. The lowest BCUT2D eigenvalue weighted by Gasteiger charge is -2.15. The summed E-state index contributed by atoms with van der Waals surface area (Å²) in [6.45, 7) is -0.131. The number of ether oxygens (including phenoxy) is 1. The molecule has 0 unspecified atom stereocenters. The van der Waals surface area contributed by atoms with Crippen LogP contribution in [0.25, 0.3) is 11.1 Å². The normalized spacial score (nSPS) is 15.2. The molecular formula is C21H14BrF3N2O5S. The van der Waals surface area contributed by atoms with Crippen LogP contribution in [-0.4, -0.2) is 32.6 Å². The predicted octanol–water partition coefficient (Wildman–Crippen LogP) is 4.16. The lowest BCUT2D eigenvalue weighted by atomic mass is 10.0. The maximum atomic E-state index is 14.7. The number of amides is 1. The second-order valence-electron chi connectivity index (χ2n) is 6.97. The molecule has 0 atom stereocenters. The first-order chi connectivity index (χ1) is 15.6. The number of phenolic OH excluding ortho intramolecular Hbond substituents is 1. The van der Waals surface area contributed by atoms with Crippen LogP contribution < -0.4 is 14.8 Å². The zero-order valence-electron chi connectivity index (χ0n) is 16.5. The van der Waals surface area contributed by atoms with Gasteiger partial charge in [-0.1, -0.05) is 0 Å². The Morgan fingerprint density at radius 3 is 2.52 bits per heavy atom. The summed E-state index contributed by atoms with van der Waals surface area (Å²) >= 11 is 2.99. The molecule has 0 spiro atoms. The monoisotopic (exact) mass is 542 g/mol. The van der Waals surface area contributed by atoms with Gasteiger partial charge in [-0.15, -0.1) is 0 Å². The first kappa shape index (κ1) is 22.9. The molecule has 0 aliphatic carbocycles. The number of rotatable bonds is 0. The molecule has 1 amide bonds. The zero-order valence-corrected chi connectivity index (χ0v) is 18.9. The molecule has 3 N–H and O–H groups in total. The van der Waals surface area contributed by atoms with Gasteiger partial charge >= 0.3 is 0 Å². The molecular weight excluding hydrogens is 529 g/mol. The quantitative estimate of drug-likeness (QED) is 0.395. The third-order valence-corrected chi connectivity index (χ3v) is 6.74. The largest absolute Gasteiger partial charge is 0.505 e. The Hall–Kier alpha value is -3.25. The van der Waals surface area contributed by atoms with Gasteiger partial charge in [0.05, 0.1) is 16.7 Å². The minimum atomic E-state index is -4.65. The first-order valence-corrected chi connectivity index (χ1v) is 11.6. The van der Waals surface area contributed by atoms with Crippen molar-refractivity contribution < 1.29 is 36.2 Å². The van der Waals surface area contributed by atoms with E-state index in [1.54, 1.807) is 0 Å². The summed E-state index contributed by atoms with van der Waals surface area (Å²) in [6.07, 6.45) is 0. The summed E-state index contributed by atoms with van der Waals surface area (Å²) in [7, 11) is -4.65. The SMILES string of the molecule is O=C1NCCOc2ccc(F)cc2-c2cc(c(F)cc2F)NS(=O)(=O)c2cc1cc(Br)c2O. The van der Waals surface area contributed by atoms with E-state index in [4.69, 9.17) is 4.74 Å². The summed E-state index contributed by atoms with van der Waals surface area (Å²) in [6, 6.07) is 6.66. The number of hydrogen-bond acceptors (Lipinski definition) is 5. The van der Waals surface area contributed by atoms with Crippen LogP contribution in [-0.2, 0) is 10.0 Å². The molecule has 0 saturated heterocycles. The van der Waals surface area contributed by atoms with Crippen LogP contribution in [0.15, 0.2) is 51.8 Å². The maximum Gasteiger partial charge on any atom is 0.265 e. The zero-order chi connectivity index (χ0) is 23.9. The van der Waals surface area contributed by atoms with Crippen LogP contribution >= 0.6 is 15.9 Å². The van der Waals surface area contributed by atoms with Crippen LogP contribution in [0.3, 0.4) is 0 Å². The number of phenols is 1. The molecule has 4 bridgehead atoms. The summed E-state index contributed by atoms with van der Waals surface area (Å²) in [5.41, 5.74) is -1.21. The van der Waals surface area contributed by atoms with E-state index >= 15 is 0 Å². The Kier molecular flexibility index (Phi) is 5.97. The van der Waals surface area contributed by atoms with Gasteiger partial charge in [0, 0.05) is 22.8 Å². The lowest BCUT2D eigenvalue weighted by Crippen LogP contribution is -2.28. The number of halogens is 4. The minimum absolute atomic E-state index is 0.0285. The molecule has 0 saturated carbocycles. The fraction of sp³-hybridized carbons (Fsp3) is 0.0952. The number of carbonyl (C=O) groups is 1. The molecule has 0 aromatic heterocycles. The Balaban J connectivity index is 1.95. The van der Waals surface area contributed by atoms with Crippen LogP contribution in [0.2, 0.25) is 0 Å². The Labute approximate surface area is 194 Å². The molecule has 1 aliphatic heterocycles. The number of anilines is 1. The molecule has 1 heterocycles. The van der Waals surface area contributed by atoms with Crippen molar-refractivity contribution in [3.8, 4) is 22.6 Å². The number of hydrogen-bond donors (Lipinski definition) is 3. The molecule has 3 aromatic carbocycles. The molecule has 1 aliphatic rings. The summed E-state index contributed by atoms with van der Waals surface area (Å²) in [4.78, 5) is 11.8. The second kappa shape index (κ2) is 8.60. The van der Waals surface area contributed by atoms with E-state index in [-0.39, 0.29) is 40.1 Å². The molecule has 0 radical (unpaired) electrons. The number of nitrogens with one attached hydrogen (secondary N) is 2. The highest BCUT2D eigenvalue weighted by Gasteiger charge is 2.26. The van der Waals surface area contributed by atoms with Gasteiger partial charge in [0.2, 0.25) is 0 Å². The van der Waals surface area contributed by atoms with Crippen LogP contribution in [0.1, 0.15) is 10.4 Å². The molecule has 12 heteroatoms. The Morgan fingerprint density at radius 1 is 1.00 bits per heavy atom. The third kappa shape index (κ3) is 4.48. The van der Waals surface area contributed by atoms with Crippen molar-refractivity contribution in [2.24, 2.45) is 0 Å². The van der Waals surface area contributed by atoms with Crippen molar-refractivity contribution in [2.45, 2.75) is 4.90 Å². The van der Waals surface area contributed by atoms with E-state index in [0.717, 1.165) is 24.3 Å². The molecule has 7 nitrogen and oxygen atoms in total. The van der Waals surface area contributed by atoms with Gasteiger partial charge in [-0.2, -0.15) is 0 Å². The Morgan fingerprint density at radius 2 is 1.76 bits per heavy atom. The summed E-state index contributed by atoms with van der Waals surface area (Å²) in [5, 5.41) is 12.8. The van der Waals surface area contributed by atoms with Crippen molar-refractivity contribution in [2.75, 3.05) is 17.9 Å². The van der Waals surface area contributed by atoms with Crippen LogP contribution in [0.5, 0.6) is 11.5 Å². The molecule has 3 aromatic rings. The van der Waals surface area contributed by atoms with E-state index in [9.17, 15) is 31.5 Å². The minimum Gasteiger partial charge on any atom is -0.505 e. The fourth-order valence-corrected chi connectivity index (χ4v) is 5.00. The van der Waals surface area contributed by atoms with Crippen molar-refractivity contribution >= 4 is 37.5 Å². The number of sulfonamides is 1. The van der Waals surface area contributed by atoms with Gasteiger partial charge in [0.1, 0.15) is 40.5 Å². The highest BCUT2D eigenvalue weighted by Crippen LogP contribution is 2.38. The van der Waals surface area contributed by atoms with Crippen molar-refractivity contribution in [1.82, 2.24) is 5.32 Å². The van der Waals surface area contributed by atoms with Gasteiger partial charge in [0.25, 0.3) is 15.9 Å². The van der Waals surface area contributed by atoms with Gasteiger partial charge in [-0.25, -0.2) is 21.6 Å². The van der Waals surface area contributed by atoms with Crippen LogP contribution in [0.4, 0.5) is 18.9 Å². The van der Waals surface area contributed by atoms with E-state index in [1.807, 2.05) is 4.72 Å². The third-order valence-electron chi connectivity index (χ3n) is 4.76. The number of benzene rings is 3. The highest BCUT2D eigenvalue weighted by atomic mass is 79.9. The standard InChI is InChI=1S/C21H14BrF3N2O5S/c22-14-5-10-6-19(20(14)28)33(30,31)27-17-8-12(15(24)9-16(17)25)13-7-11(23)1-2-18(13)32-4-3-26-21(10)29/h1-2,5-9,27-28H,3-4H2,(H,26,29). The maximum absolute atomic E-state index is 14.7. The summed E-state index contributed by atoms with van der Waals surface area (Å²) < 4.78 is 76.4. The van der Waals surface area contributed by atoms with Gasteiger partial charge in [-0.3, -0.25) is 9.52 Å². The van der Waals surface area contributed by atoms with Gasteiger partial charge in [-0.05, 0) is 52.3 Å². The van der Waals surface area contributed by atoms with E-state index in [1.165, 1.54) is 12.1 Å². The van der Waals surface area contributed by atoms with Crippen molar-refractivity contribution in [1.29, 1.82) is 0 Å². The average molecular weight is 543 g/mol. The number of aromatic hydroxyl groups is 1. The van der Waals surface area contributed by atoms with Gasteiger partial charge < -0.3 is 15.2 Å². The molecule has 4 rings (SSSR count). The number of carbonyl (C=O) groups excluding carboxylic acids is 1. The predicted molar refractivity (Wildman–Crippen MR) is 116 cm³/mol. The van der Waals surface area contributed by atoms with E-state index in [2.05, 4.69) is 21.2 Å². The number of fused-ring (bicyclic) bond motifs is 6. The molecule has 172 valence electrons. The van der Waals surface area contributed by atoms with Crippen molar-refractivity contribution in [3.05, 3.63) is 70.0 Å². The van der Waals surface area contributed by atoms with E-state index < -0.39 is 49.7 Å². The van der Waals surface area contributed by atoms with Crippen molar-refractivity contribution in [3.63, 3.8) is 0 Å². The fourth-order valence-electron chi connectivity index (χ4n) is 3.21. The first-order valence-electron chi connectivity index (χ1n) is 9.32. The summed E-state index contributed by atoms with van der Waals surface area (Å²) in [5.74, 6) is -4.45. The Bertz CT molecular complexity index is 1400. The topological polar surface area (TPSA) is 105 Å². The van der Waals surface area contributed by atoms with E-state index in [0.29, 0.717) is 6.07 Å². The molecule has 33 heavy (non-hydrogen) atoms. The van der Waals surface area contributed by atoms with Crippen LogP contribution in [0, 0.1) is 17.5 Å². The second-order valence-corrected chi connectivity index (χ2v) is 9.47. The smallest absolute Gasteiger partial charge is 0.265 e. The molecule has 0 fully saturated rings.